The molecular formula is C20H17F2N3O4S. The summed E-state index contributed by atoms with van der Waals surface area (Å²) in [7, 11) is 3.86. The van der Waals surface area contributed by atoms with Crippen LogP contribution in [0.3, 0.4) is 0 Å². The van der Waals surface area contributed by atoms with Crippen molar-refractivity contribution >= 4 is 34.3 Å². The number of aliphatic imine (C=N–C) groups is 2. The molecule has 0 bridgehead atoms. The van der Waals surface area contributed by atoms with Crippen LogP contribution in [0.1, 0.15) is 11.1 Å². The second-order valence-corrected chi connectivity index (χ2v) is 6.31. The highest BCUT2D eigenvalue weighted by Gasteiger charge is 2.21. The first-order valence-corrected chi connectivity index (χ1v) is 9.52. The molecule has 0 spiro atoms. The molecule has 2 aromatic carbocycles. The molecule has 0 heterocycles. The van der Waals surface area contributed by atoms with Gasteiger partial charge in [0.2, 0.25) is 0 Å². The lowest BCUT2D eigenvalue weighted by Crippen LogP contribution is -2.16. The Balaban J connectivity index is 2.80. The summed E-state index contributed by atoms with van der Waals surface area (Å²) < 4.78 is 44.2. The lowest BCUT2D eigenvalue weighted by Gasteiger charge is -2.14. The summed E-state index contributed by atoms with van der Waals surface area (Å²) in [4.78, 5) is 19.7. The number of nitriles is 1. The summed E-state index contributed by atoms with van der Waals surface area (Å²) in [6.45, 7) is 0. The first kappa shape index (κ1) is 22.8. The number of benzene rings is 2. The fourth-order valence-corrected chi connectivity index (χ4v) is 2.89. The zero-order chi connectivity index (χ0) is 22.3. The molecule has 0 atom stereocenters. The quantitative estimate of drug-likeness (QED) is 0.509. The monoisotopic (exact) mass is 433 g/mol. The highest BCUT2D eigenvalue weighted by atomic mass is 32.2. The van der Waals surface area contributed by atoms with E-state index in [1.807, 2.05) is 6.07 Å². The van der Waals surface area contributed by atoms with Crippen molar-refractivity contribution in [1.29, 1.82) is 5.26 Å². The molecule has 0 aliphatic carbocycles. The van der Waals surface area contributed by atoms with E-state index in [-0.39, 0.29) is 39.1 Å². The van der Waals surface area contributed by atoms with Crippen LogP contribution >= 0.6 is 11.8 Å². The number of thioether (sulfide) groups is 1. The van der Waals surface area contributed by atoms with Gasteiger partial charge in [-0.1, -0.05) is 0 Å². The number of carbonyl (C=O) groups excluding carboxylic acids is 1. The highest BCUT2D eigenvalue weighted by Crippen LogP contribution is 2.32. The normalized spacial score (nSPS) is 11.6. The Hall–Kier alpha value is -3.45. The van der Waals surface area contributed by atoms with Gasteiger partial charge in [0.15, 0.2) is 11.5 Å². The van der Waals surface area contributed by atoms with E-state index in [0.29, 0.717) is 0 Å². The molecule has 0 radical (unpaired) electrons. The maximum atomic E-state index is 14.9. The molecule has 7 nitrogen and oxygen atoms in total. The van der Waals surface area contributed by atoms with Gasteiger partial charge in [-0.15, -0.1) is 11.8 Å². The minimum Gasteiger partial charge on any atom is -0.493 e. The third-order valence-electron chi connectivity index (χ3n) is 3.80. The molecule has 2 aromatic rings. The second-order valence-electron chi connectivity index (χ2n) is 5.52. The summed E-state index contributed by atoms with van der Waals surface area (Å²) in [6.07, 6.45) is 0.652. The van der Waals surface area contributed by atoms with Gasteiger partial charge in [-0.2, -0.15) is 10.3 Å². The molecule has 0 fully saturated rings. The molecule has 0 N–H and O–H groups in total. The maximum absolute atomic E-state index is 14.9. The molecule has 0 unspecified atom stereocenters. The predicted molar refractivity (Wildman–Crippen MR) is 110 cm³/mol. The molecule has 0 aliphatic heterocycles. The summed E-state index contributed by atoms with van der Waals surface area (Å²) in [5.41, 5.74) is -0.313. The summed E-state index contributed by atoms with van der Waals surface area (Å²) in [5, 5.41) is 8.89. The van der Waals surface area contributed by atoms with E-state index in [0.717, 1.165) is 31.0 Å². The summed E-state index contributed by atoms with van der Waals surface area (Å²) in [6, 6.07) is 7.82. The number of amides is 1. The molecule has 0 saturated carbocycles. The van der Waals surface area contributed by atoms with Crippen LogP contribution in [0.5, 0.6) is 11.5 Å². The Morgan fingerprint density at radius 1 is 1.07 bits per heavy atom. The SMILES string of the molecule is COC(=O)/N=C(\SC)C(=Nc1ccc(C#N)cc1F)c1cc(OC)c(OC)cc1F. The van der Waals surface area contributed by atoms with Crippen molar-refractivity contribution in [2.75, 3.05) is 27.6 Å². The van der Waals surface area contributed by atoms with E-state index >= 15 is 0 Å². The smallest absolute Gasteiger partial charge is 0.434 e. The Labute approximate surface area is 176 Å². The average Bonchev–Trinajstić information content (AvgIpc) is 2.76. The highest BCUT2D eigenvalue weighted by molar-refractivity contribution is 8.15. The molecular weight excluding hydrogens is 416 g/mol. The van der Waals surface area contributed by atoms with E-state index in [1.54, 1.807) is 6.26 Å². The summed E-state index contributed by atoms with van der Waals surface area (Å²) in [5.74, 6) is -1.23. The molecule has 0 aromatic heterocycles. The molecule has 156 valence electrons. The largest absolute Gasteiger partial charge is 0.493 e. The Morgan fingerprint density at radius 2 is 1.73 bits per heavy atom. The van der Waals surface area contributed by atoms with Crippen LogP contribution in [0.15, 0.2) is 40.3 Å². The number of hydrogen-bond donors (Lipinski definition) is 0. The Morgan fingerprint density at radius 3 is 2.27 bits per heavy atom. The van der Waals surface area contributed by atoms with Gasteiger partial charge in [-0.25, -0.2) is 18.6 Å². The van der Waals surface area contributed by atoms with Crippen molar-refractivity contribution in [2.24, 2.45) is 9.98 Å². The zero-order valence-electron chi connectivity index (χ0n) is 16.5. The van der Waals surface area contributed by atoms with Crippen molar-refractivity contribution in [3.63, 3.8) is 0 Å². The van der Waals surface area contributed by atoms with E-state index in [4.69, 9.17) is 14.7 Å². The van der Waals surface area contributed by atoms with Gasteiger partial charge in [0.25, 0.3) is 0 Å². The fraction of sp³-hybridized carbons (Fsp3) is 0.200. The molecule has 0 aliphatic rings. The molecule has 0 saturated heterocycles. The van der Waals surface area contributed by atoms with Gasteiger partial charge < -0.3 is 14.2 Å². The van der Waals surface area contributed by atoms with Crippen LogP contribution < -0.4 is 9.47 Å². The standard InChI is InChI=1S/C20H17F2N3O4S/c1-27-16-8-12(13(21)9-17(16)28-2)18(19(30-4)25-20(26)29-3)24-15-6-5-11(10-23)7-14(15)22/h5-9H,1-4H3/b24-18?,25-19-. The number of halogens is 2. The van der Waals surface area contributed by atoms with Crippen LogP contribution in [0.2, 0.25) is 0 Å². The van der Waals surface area contributed by atoms with Gasteiger partial charge in [-0.3, -0.25) is 0 Å². The number of methoxy groups -OCH3 is 3. The topological polar surface area (TPSA) is 93.3 Å². The van der Waals surface area contributed by atoms with Crippen LogP contribution in [-0.2, 0) is 4.74 Å². The van der Waals surface area contributed by atoms with E-state index in [9.17, 15) is 13.6 Å². The third-order valence-corrected chi connectivity index (χ3v) is 4.47. The number of carbonyl (C=O) groups is 1. The van der Waals surface area contributed by atoms with E-state index < -0.39 is 17.7 Å². The molecule has 2 rings (SSSR count). The van der Waals surface area contributed by atoms with Crippen LogP contribution in [-0.4, -0.2) is 44.4 Å². The van der Waals surface area contributed by atoms with E-state index in [2.05, 4.69) is 14.7 Å². The van der Waals surface area contributed by atoms with Crippen molar-refractivity contribution in [3.05, 3.63) is 53.1 Å². The van der Waals surface area contributed by atoms with Crippen molar-refractivity contribution in [1.82, 2.24) is 0 Å². The lowest BCUT2D eigenvalue weighted by molar-refractivity contribution is 0.183. The van der Waals surface area contributed by atoms with Crippen LogP contribution in [0.4, 0.5) is 19.3 Å². The Bertz CT molecular complexity index is 1060. The first-order chi connectivity index (χ1) is 14.4. The fourth-order valence-electron chi connectivity index (χ4n) is 2.37. The second kappa shape index (κ2) is 10.4. The maximum Gasteiger partial charge on any atom is 0.434 e. The van der Waals surface area contributed by atoms with Gasteiger partial charge in [0.1, 0.15) is 22.4 Å². The predicted octanol–water partition coefficient (Wildman–Crippen LogP) is 4.50. The van der Waals surface area contributed by atoms with Gasteiger partial charge >= 0.3 is 6.09 Å². The summed E-state index contributed by atoms with van der Waals surface area (Å²) >= 11 is 0.986. The van der Waals surface area contributed by atoms with Crippen molar-refractivity contribution in [2.45, 2.75) is 0 Å². The number of ether oxygens (including phenoxy) is 3. The van der Waals surface area contributed by atoms with Crippen molar-refractivity contribution < 1.29 is 27.8 Å². The zero-order valence-corrected chi connectivity index (χ0v) is 17.3. The van der Waals surface area contributed by atoms with Gasteiger partial charge in [0, 0.05) is 11.6 Å². The number of nitrogens with zero attached hydrogens (tertiary/aromatic N) is 3. The third kappa shape index (κ3) is 5.12. The minimum atomic E-state index is -0.937. The molecule has 10 heteroatoms. The number of hydrogen-bond acceptors (Lipinski definition) is 7. The Kier molecular flexibility index (Phi) is 7.89. The molecule has 30 heavy (non-hydrogen) atoms. The van der Waals surface area contributed by atoms with Crippen molar-refractivity contribution in [3.8, 4) is 17.6 Å². The number of rotatable bonds is 5. The van der Waals surface area contributed by atoms with Gasteiger partial charge in [-0.05, 0) is 30.5 Å². The lowest BCUT2D eigenvalue weighted by atomic mass is 10.1. The minimum absolute atomic E-state index is 0.0169. The van der Waals surface area contributed by atoms with E-state index in [1.165, 1.54) is 32.4 Å². The average molecular weight is 433 g/mol. The van der Waals surface area contributed by atoms with Crippen LogP contribution in [0, 0.1) is 23.0 Å². The van der Waals surface area contributed by atoms with Gasteiger partial charge in [0.05, 0.1) is 38.6 Å². The molecule has 1 amide bonds. The van der Waals surface area contributed by atoms with Crippen LogP contribution in [0.25, 0.3) is 0 Å². The first-order valence-electron chi connectivity index (χ1n) is 8.29.